The van der Waals surface area contributed by atoms with Crippen molar-refractivity contribution in [1.29, 1.82) is 0 Å². The molecular formula is C11H15N5. The normalized spacial score (nSPS) is 17.6. The Bertz CT molecular complexity index is 526. The maximum absolute atomic E-state index is 5.75. The van der Waals surface area contributed by atoms with Crippen LogP contribution in [0.3, 0.4) is 0 Å². The Balaban J connectivity index is 2.03. The minimum Gasteiger partial charge on any atom is -0.362 e. The van der Waals surface area contributed by atoms with E-state index in [2.05, 4.69) is 15.3 Å². The number of anilines is 1. The van der Waals surface area contributed by atoms with Crippen molar-refractivity contribution in [1.82, 2.24) is 14.5 Å². The molecule has 0 aromatic carbocycles. The molecule has 1 fully saturated rings. The van der Waals surface area contributed by atoms with Crippen LogP contribution >= 0.6 is 0 Å². The molecule has 3 N–H and O–H groups in total. The summed E-state index contributed by atoms with van der Waals surface area (Å²) >= 11 is 0. The van der Waals surface area contributed by atoms with Gasteiger partial charge in [0.05, 0.1) is 17.4 Å². The topological polar surface area (TPSA) is 68.8 Å². The summed E-state index contributed by atoms with van der Waals surface area (Å²) in [5.41, 5.74) is 7.83. The molecule has 16 heavy (non-hydrogen) atoms. The van der Waals surface area contributed by atoms with Crippen molar-refractivity contribution in [2.75, 3.05) is 11.9 Å². The van der Waals surface area contributed by atoms with E-state index in [1.165, 1.54) is 0 Å². The Morgan fingerprint density at radius 3 is 3.00 bits per heavy atom. The fourth-order valence-corrected chi connectivity index (χ4v) is 1.94. The average molecular weight is 217 g/mol. The van der Waals surface area contributed by atoms with Crippen molar-refractivity contribution in [2.24, 2.45) is 12.8 Å². The highest BCUT2D eigenvalue weighted by Crippen LogP contribution is 2.38. The van der Waals surface area contributed by atoms with Crippen LogP contribution in [0.5, 0.6) is 0 Å². The van der Waals surface area contributed by atoms with Crippen molar-refractivity contribution in [3.8, 4) is 0 Å². The first-order valence-corrected chi connectivity index (χ1v) is 5.48. The molecule has 1 saturated carbocycles. The SMILES string of the molecule is Cn1cnc2c(NC3(CN)CC3)nccc21. The standard InChI is InChI=1S/C11H15N5/c1-16-7-14-9-8(16)2-5-13-10(9)15-11(6-12)3-4-11/h2,5,7H,3-4,6,12H2,1H3,(H,13,15). The van der Waals surface area contributed by atoms with Crippen LogP contribution in [0.25, 0.3) is 11.0 Å². The summed E-state index contributed by atoms with van der Waals surface area (Å²) in [6.07, 6.45) is 5.85. The number of hydrogen-bond donors (Lipinski definition) is 2. The van der Waals surface area contributed by atoms with Crippen LogP contribution in [0.4, 0.5) is 5.82 Å². The number of aromatic nitrogens is 3. The summed E-state index contributed by atoms with van der Waals surface area (Å²) < 4.78 is 1.99. The highest BCUT2D eigenvalue weighted by atomic mass is 15.1. The Morgan fingerprint density at radius 2 is 2.31 bits per heavy atom. The van der Waals surface area contributed by atoms with Gasteiger partial charge < -0.3 is 15.6 Å². The van der Waals surface area contributed by atoms with Crippen LogP contribution in [-0.4, -0.2) is 26.6 Å². The van der Waals surface area contributed by atoms with E-state index in [1.54, 1.807) is 12.5 Å². The Hall–Kier alpha value is -1.62. The second-order valence-electron chi connectivity index (χ2n) is 4.49. The second-order valence-corrected chi connectivity index (χ2v) is 4.49. The van der Waals surface area contributed by atoms with Gasteiger partial charge in [-0.25, -0.2) is 9.97 Å². The largest absolute Gasteiger partial charge is 0.362 e. The van der Waals surface area contributed by atoms with Crippen LogP contribution in [0.1, 0.15) is 12.8 Å². The quantitative estimate of drug-likeness (QED) is 0.800. The van der Waals surface area contributed by atoms with Crippen molar-refractivity contribution >= 4 is 16.9 Å². The summed E-state index contributed by atoms with van der Waals surface area (Å²) in [7, 11) is 1.98. The predicted octanol–water partition coefficient (Wildman–Crippen LogP) is 0.871. The van der Waals surface area contributed by atoms with E-state index in [-0.39, 0.29) is 5.54 Å². The first-order valence-electron chi connectivity index (χ1n) is 5.48. The van der Waals surface area contributed by atoms with Gasteiger partial charge in [-0.3, -0.25) is 0 Å². The Morgan fingerprint density at radius 1 is 1.50 bits per heavy atom. The van der Waals surface area contributed by atoms with Crippen molar-refractivity contribution in [3.63, 3.8) is 0 Å². The first-order chi connectivity index (χ1) is 7.74. The molecule has 5 nitrogen and oxygen atoms in total. The summed E-state index contributed by atoms with van der Waals surface area (Å²) in [5, 5.41) is 3.42. The van der Waals surface area contributed by atoms with E-state index in [9.17, 15) is 0 Å². The maximum Gasteiger partial charge on any atom is 0.154 e. The number of hydrogen-bond acceptors (Lipinski definition) is 4. The van der Waals surface area contributed by atoms with E-state index in [0.29, 0.717) is 6.54 Å². The number of nitrogens with two attached hydrogens (primary N) is 1. The van der Waals surface area contributed by atoms with Gasteiger partial charge in [0.15, 0.2) is 5.82 Å². The molecule has 0 atom stereocenters. The molecule has 0 saturated heterocycles. The molecule has 3 rings (SSSR count). The van der Waals surface area contributed by atoms with Crippen LogP contribution in [0, 0.1) is 0 Å². The molecular weight excluding hydrogens is 202 g/mol. The van der Waals surface area contributed by atoms with E-state index < -0.39 is 0 Å². The van der Waals surface area contributed by atoms with Gasteiger partial charge in [0.1, 0.15) is 5.52 Å². The Kier molecular flexibility index (Phi) is 1.91. The van der Waals surface area contributed by atoms with Gasteiger partial charge in [-0.05, 0) is 18.9 Å². The minimum atomic E-state index is 0.0683. The number of aryl methyl sites for hydroxylation is 1. The number of fused-ring (bicyclic) bond motifs is 1. The fourth-order valence-electron chi connectivity index (χ4n) is 1.94. The van der Waals surface area contributed by atoms with Gasteiger partial charge in [0, 0.05) is 19.8 Å². The molecule has 0 unspecified atom stereocenters. The van der Waals surface area contributed by atoms with Crippen molar-refractivity contribution in [2.45, 2.75) is 18.4 Å². The molecule has 5 heteroatoms. The van der Waals surface area contributed by atoms with Gasteiger partial charge in [-0.1, -0.05) is 0 Å². The molecule has 84 valence electrons. The second kappa shape index (κ2) is 3.18. The van der Waals surface area contributed by atoms with Crippen LogP contribution in [0.15, 0.2) is 18.6 Å². The number of imidazole rings is 1. The Labute approximate surface area is 93.7 Å². The van der Waals surface area contributed by atoms with Gasteiger partial charge in [0.2, 0.25) is 0 Å². The molecule has 0 amide bonds. The lowest BCUT2D eigenvalue weighted by Crippen LogP contribution is -2.31. The van der Waals surface area contributed by atoms with E-state index in [4.69, 9.17) is 5.73 Å². The van der Waals surface area contributed by atoms with Crippen LogP contribution in [0.2, 0.25) is 0 Å². The molecule has 2 aromatic heterocycles. The zero-order valence-electron chi connectivity index (χ0n) is 9.27. The molecule has 2 heterocycles. The van der Waals surface area contributed by atoms with E-state index >= 15 is 0 Å². The predicted molar refractivity (Wildman–Crippen MR) is 63.2 cm³/mol. The third-order valence-electron chi connectivity index (χ3n) is 3.27. The zero-order valence-corrected chi connectivity index (χ0v) is 9.27. The monoisotopic (exact) mass is 217 g/mol. The molecule has 0 spiro atoms. The molecule has 0 bridgehead atoms. The molecule has 2 aromatic rings. The summed E-state index contributed by atoms with van der Waals surface area (Å²) in [6.45, 7) is 0.651. The summed E-state index contributed by atoms with van der Waals surface area (Å²) in [6, 6.07) is 1.97. The first kappa shape index (κ1) is 9.59. The molecule has 1 aliphatic carbocycles. The van der Waals surface area contributed by atoms with E-state index in [1.807, 2.05) is 17.7 Å². The lowest BCUT2D eigenvalue weighted by atomic mass is 10.2. The lowest BCUT2D eigenvalue weighted by Gasteiger charge is -2.15. The molecule has 1 aliphatic rings. The molecule has 0 aliphatic heterocycles. The number of nitrogens with one attached hydrogen (secondary N) is 1. The number of nitrogens with zero attached hydrogens (tertiary/aromatic N) is 3. The molecule has 0 radical (unpaired) electrons. The average Bonchev–Trinajstić information content (AvgIpc) is 2.98. The van der Waals surface area contributed by atoms with Crippen LogP contribution in [-0.2, 0) is 7.05 Å². The number of rotatable bonds is 3. The highest BCUT2D eigenvalue weighted by Gasteiger charge is 2.41. The fraction of sp³-hybridized carbons (Fsp3) is 0.455. The van der Waals surface area contributed by atoms with Crippen molar-refractivity contribution in [3.05, 3.63) is 18.6 Å². The van der Waals surface area contributed by atoms with Gasteiger partial charge in [0.25, 0.3) is 0 Å². The minimum absolute atomic E-state index is 0.0683. The third kappa shape index (κ3) is 1.36. The maximum atomic E-state index is 5.75. The summed E-state index contributed by atoms with van der Waals surface area (Å²) in [4.78, 5) is 8.71. The van der Waals surface area contributed by atoms with Gasteiger partial charge >= 0.3 is 0 Å². The van der Waals surface area contributed by atoms with E-state index in [0.717, 1.165) is 29.7 Å². The van der Waals surface area contributed by atoms with Crippen LogP contribution < -0.4 is 11.1 Å². The highest BCUT2D eigenvalue weighted by molar-refractivity contribution is 5.86. The zero-order chi connectivity index (χ0) is 11.2. The summed E-state index contributed by atoms with van der Waals surface area (Å²) in [5.74, 6) is 0.848. The third-order valence-corrected chi connectivity index (χ3v) is 3.27. The van der Waals surface area contributed by atoms with Crippen molar-refractivity contribution < 1.29 is 0 Å². The van der Waals surface area contributed by atoms with Gasteiger partial charge in [-0.2, -0.15) is 0 Å². The number of pyridine rings is 1. The smallest absolute Gasteiger partial charge is 0.154 e. The van der Waals surface area contributed by atoms with Gasteiger partial charge in [-0.15, -0.1) is 0 Å². The lowest BCUT2D eigenvalue weighted by molar-refractivity contribution is 0.738.